The molecule has 0 radical (unpaired) electrons. The summed E-state index contributed by atoms with van der Waals surface area (Å²) in [7, 11) is 4.33. The van der Waals surface area contributed by atoms with E-state index >= 15 is 0 Å². The van der Waals surface area contributed by atoms with E-state index in [1.165, 1.54) is 19.4 Å². The van der Waals surface area contributed by atoms with Crippen molar-refractivity contribution in [3.05, 3.63) is 0 Å². The maximum atomic E-state index is 12.2. The smallest absolute Gasteiger partial charge is 0.239 e. The van der Waals surface area contributed by atoms with Gasteiger partial charge in [-0.1, -0.05) is 6.92 Å². The summed E-state index contributed by atoms with van der Waals surface area (Å²) in [5.41, 5.74) is 5.29. The predicted octanol–water partition coefficient (Wildman–Crippen LogP) is 0.646. The van der Waals surface area contributed by atoms with E-state index in [0.29, 0.717) is 12.0 Å². The number of carbonyl (C=O) groups is 1. The Morgan fingerprint density at radius 2 is 2.14 bits per heavy atom. The minimum atomic E-state index is -0.527. The highest BCUT2D eigenvalue weighted by Crippen LogP contribution is 2.40. The molecule has 0 aromatic rings. The van der Waals surface area contributed by atoms with Gasteiger partial charge in [0.25, 0.3) is 0 Å². The van der Waals surface area contributed by atoms with Crippen LogP contribution in [-0.2, 0) is 4.79 Å². The topological polar surface area (TPSA) is 61.6 Å². The third-order valence-corrected chi connectivity index (χ3v) is 5.13. The van der Waals surface area contributed by atoms with Crippen molar-refractivity contribution < 1.29 is 4.79 Å². The first-order valence-electron chi connectivity index (χ1n) is 8.43. The van der Waals surface area contributed by atoms with Crippen LogP contribution in [0.1, 0.15) is 39.0 Å². The normalized spacial score (nSPS) is 26.8. The molecule has 2 rings (SSSR count). The molecule has 1 amide bonds. The molecule has 3 N–H and O–H groups in total. The zero-order valence-electron chi connectivity index (χ0n) is 13.9. The van der Waals surface area contributed by atoms with Gasteiger partial charge in [-0.15, -0.1) is 0 Å². The summed E-state index contributed by atoms with van der Waals surface area (Å²) in [6.07, 6.45) is 5.72. The molecule has 5 nitrogen and oxygen atoms in total. The van der Waals surface area contributed by atoms with Crippen molar-refractivity contribution in [2.75, 3.05) is 40.3 Å². The molecule has 5 heteroatoms. The van der Waals surface area contributed by atoms with Gasteiger partial charge >= 0.3 is 0 Å². The lowest BCUT2D eigenvalue weighted by Gasteiger charge is -2.41. The number of nitrogens with one attached hydrogen (secondary N) is 1. The van der Waals surface area contributed by atoms with Gasteiger partial charge in [-0.25, -0.2) is 0 Å². The highest BCUT2D eigenvalue weighted by molar-refractivity contribution is 5.86. The van der Waals surface area contributed by atoms with E-state index in [4.69, 9.17) is 5.73 Å². The summed E-state index contributed by atoms with van der Waals surface area (Å²) in [6.45, 7) is 6.00. The largest absolute Gasteiger partial charge is 0.368 e. The summed E-state index contributed by atoms with van der Waals surface area (Å²) in [5.74, 6) is 0.250. The molecule has 0 bridgehead atoms. The van der Waals surface area contributed by atoms with Gasteiger partial charge in [-0.2, -0.15) is 0 Å². The van der Waals surface area contributed by atoms with Crippen LogP contribution in [0.4, 0.5) is 0 Å². The maximum absolute atomic E-state index is 12.2. The van der Waals surface area contributed by atoms with E-state index in [1.54, 1.807) is 0 Å². The summed E-state index contributed by atoms with van der Waals surface area (Å²) in [6, 6.07) is 0.532. The van der Waals surface area contributed by atoms with Gasteiger partial charge in [-0.05, 0) is 65.2 Å². The number of nitrogens with two attached hydrogens (primary N) is 1. The first kappa shape index (κ1) is 16.7. The number of likely N-dealkylation sites (tertiary alicyclic amines) is 1. The second kappa shape index (κ2) is 7.07. The van der Waals surface area contributed by atoms with Crippen molar-refractivity contribution in [3.8, 4) is 0 Å². The Bertz CT molecular complexity index is 358. The van der Waals surface area contributed by atoms with E-state index in [0.717, 1.165) is 38.9 Å². The number of likely N-dealkylation sites (N-methyl/N-ethyl adjacent to an activating group) is 2. The number of rotatable bonds is 8. The molecule has 1 aliphatic carbocycles. The van der Waals surface area contributed by atoms with Crippen LogP contribution in [0.3, 0.4) is 0 Å². The Hall–Kier alpha value is -0.650. The van der Waals surface area contributed by atoms with Gasteiger partial charge in [-0.3, -0.25) is 9.69 Å². The van der Waals surface area contributed by atoms with Crippen LogP contribution >= 0.6 is 0 Å². The van der Waals surface area contributed by atoms with Crippen molar-refractivity contribution >= 4 is 5.91 Å². The molecular weight excluding hydrogens is 264 g/mol. The zero-order chi connectivity index (χ0) is 15.5. The first-order chi connectivity index (χ1) is 9.99. The fourth-order valence-corrected chi connectivity index (χ4v) is 3.64. The Balaban J connectivity index is 2.04. The molecule has 122 valence electrons. The van der Waals surface area contributed by atoms with E-state index in [1.807, 2.05) is 0 Å². The fourth-order valence-electron chi connectivity index (χ4n) is 3.64. The second-order valence-corrected chi connectivity index (χ2v) is 7.01. The SMILES string of the molecule is CCCNC(CN(C)C1CCCN(C)C1)(C(N)=O)C1CC1. The first-order valence-corrected chi connectivity index (χ1v) is 8.43. The molecule has 2 fully saturated rings. The minimum absolute atomic E-state index is 0.172. The molecule has 1 aliphatic heterocycles. The summed E-state index contributed by atoms with van der Waals surface area (Å²) in [4.78, 5) is 17.0. The van der Waals surface area contributed by atoms with Crippen molar-refractivity contribution in [1.82, 2.24) is 15.1 Å². The van der Waals surface area contributed by atoms with Gasteiger partial charge in [0.1, 0.15) is 5.54 Å². The van der Waals surface area contributed by atoms with Gasteiger partial charge in [0, 0.05) is 19.1 Å². The summed E-state index contributed by atoms with van der Waals surface area (Å²) >= 11 is 0. The van der Waals surface area contributed by atoms with E-state index < -0.39 is 5.54 Å². The van der Waals surface area contributed by atoms with Crippen molar-refractivity contribution in [3.63, 3.8) is 0 Å². The molecule has 0 aromatic heterocycles. The van der Waals surface area contributed by atoms with Crippen LogP contribution in [-0.4, -0.2) is 67.6 Å². The Morgan fingerprint density at radius 3 is 2.67 bits per heavy atom. The molecule has 2 atom stereocenters. The van der Waals surface area contributed by atoms with E-state index in [-0.39, 0.29) is 5.91 Å². The molecule has 1 saturated heterocycles. The van der Waals surface area contributed by atoms with Crippen molar-refractivity contribution in [2.45, 2.75) is 50.6 Å². The van der Waals surface area contributed by atoms with Gasteiger partial charge in [0.2, 0.25) is 5.91 Å². The lowest BCUT2D eigenvalue weighted by molar-refractivity contribution is -0.126. The summed E-state index contributed by atoms with van der Waals surface area (Å²) in [5, 5.41) is 3.50. The molecule has 1 heterocycles. The molecular formula is C16H32N4O. The number of piperidine rings is 1. The number of hydrogen-bond donors (Lipinski definition) is 2. The number of hydrogen-bond acceptors (Lipinski definition) is 4. The van der Waals surface area contributed by atoms with Crippen LogP contribution in [0.5, 0.6) is 0 Å². The van der Waals surface area contributed by atoms with Crippen molar-refractivity contribution in [2.24, 2.45) is 11.7 Å². The van der Waals surface area contributed by atoms with Gasteiger partial charge < -0.3 is 16.0 Å². The quantitative estimate of drug-likeness (QED) is 0.690. The third-order valence-electron chi connectivity index (χ3n) is 5.13. The zero-order valence-corrected chi connectivity index (χ0v) is 13.9. The Morgan fingerprint density at radius 1 is 1.43 bits per heavy atom. The molecule has 0 spiro atoms. The molecule has 1 saturated carbocycles. The average molecular weight is 296 g/mol. The molecule has 2 aliphatic rings. The Labute approximate surface area is 129 Å². The molecule has 0 aromatic carbocycles. The summed E-state index contributed by atoms with van der Waals surface area (Å²) < 4.78 is 0. The van der Waals surface area contributed by atoms with Gasteiger partial charge in [0.15, 0.2) is 0 Å². The van der Waals surface area contributed by atoms with Crippen LogP contribution in [0.25, 0.3) is 0 Å². The van der Waals surface area contributed by atoms with Crippen LogP contribution in [0.2, 0.25) is 0 Å². The number of carbonyl (C=O) groups excluding carboxylic acids is 1. The number of nitrogens with zero attached hydrogens (tertiary/aromatic N) is 2. The Kier molecular flexibility index (Phi) is 5.63. The van der Waals surface area contributed by atoms with Gasteiger partial charge in [0.05, 0.1) is 0 Å². The lowest BCUT2D eigenvalue weighted by atomic mass is 9.90. The lowest BCUT2D eigenvalue weighted by Crippen LogP contribution is -2.64. The van der Waals surface area contributed by atoms with E-state index in [9.17, 15) is 4.79 Å². The highest BCUT2D eigenvalue weighted by Gasteiger charge is 2.50. The third kappa shape index (κ3) is 3.96. The molecule has 2 unspecified atom stereocenters. The van der Waals surface area contributed by atoms with E-state index in [2.05, 4.69) is 36.1 Å². The standard InChI is InChI=1S/C16H32N4O/c1-4-9-18-16(15(17)21,13-7-8-13)12-20(3)14-6-5-10-19(2)11-14/h13-14,18H,4-12H2,1-3H3,(H2,17,21). The number of amides is 1. The average Bonchev–Trinajstić information content (AvgIpc) is 3.27. The van der Waals surface area contributed by atoms with Crippen molar-refractivity contribution in [1.29, 1.82) is 0 Å². The predicted molar refractivity (Wildman–Crippen MR) is 86.1 cm³/mol. The second-order valence-electron chi connectivity index (χ2n) is 7.01. The monoisotopic (exact) mass is 296 g/mol. The fraction of sp³-hybridized carbons (Fsp3) is 0.938. The molecule has 21 heavy (non-hydrogen) atoms. The van der Waals surface area contributed by atoms with Crippen LogP contribution in [0.15, 0.2) is 0 Å². The van der Waals surface area contributed by atoms with Crippen LogP contribution < -0.4 is 11.1 Å². The minimum Gasteiger partial charge on any atom is -0.368 e. The maximum Gasteiger partial charge on any atom is 0.239 e. The number of primary amides is 1. The van der Waals surface area contributed by atoms with Crippen LogP contribution in [0, 0.1) is 5.92 Å². The highest BCUT2D eigenvalue weighted by atomic mass is 16.1.